The predicted molar refractivity (Wildman–Crippen MR) is 79.7 cm³/mol. The third-order valence-corrected chi connectivity index (χ3v) is 5.04. The molecular weight excluding hydrogens is 317 g/mol. The van der Waals surface area contributed by atoms with Gasteiger partial charge in [-0.05, 0) is 24.3 Å². The van der Waals surface area contributed by atoms with Crippen LogP contribution in [0.2, 0.25) is 5.02 Å². The zero-order valence-electron chi connectivity index (χ0n) is 11.1. The second-order valence-electron chi connectivity index (χ2n) is 4.38. The first-order valence-corrected chi connectivity index (χ1v) is 7.97. The van der Waals surface area contributed by atoms with Gasteiger partial charge >= 0.3 is 0 Å². The molecule has 0 aliphatic rings. The first-order valence-electron chi connectivity index (χ1n) is 5.94. The summed E-state index contributed by atoms with van der Waals surface area (Å²) in [6.45, 7) is 0. The van der Waals surface area contributed by atoms with Crippen LogP contribution in [0, 0.1) is 5.82 Å². The molecule has 0 spiro atoms. The van der Waals surface area contributed by atoms with Gasteiger partial charge in [0, 0.05) is 11.3 Å². The van der Waals surface area contributed by atoms with Crippen LogP contribution in [-0.2, 0) is 15.6 Å². The Labute approximate surface area is 127 Å². The maximum absolute atomic E-state index is 14.1. The number of hydrogen-bond acceptors (Lipinski definition) is 4. The maximum Gasteiger partial charge on any atom is 0.184 e. The van der Waals surface area contributed by atoms with Crippen LogP contribution in [0.25, 0.3) is 0 Å². The number of halogens is 2. The van der Waals surface area contributed by atoms with Crippen molar-refractivity contribution in [2.24, 2.45) is 0 Å². The largest absolute Gasteiger partial charge is 0.494 e. The maximum atomic E-state index is 14.1. The molecule has 0 aromatic heterocycles. The van der Waals surface area contributed by atoms with Gasteiger partial charge in [-0.15, -0.1) is 0 Å². The molecule has 0 unspecified atom stereocenters. The van der Waals surface area contributed by atoms with Crippen molar-refractivity contribution >= 4 is 27.1 Å². The van der Waals surface area contributed by atoms with E-state index in [1.54, 1.807) is 0 Å². The lowest BCUT2D eigenvalue weighted by Crippen LogP contribution is -2.08. The molecule has 0 saturated carbocycles. The van der Waals surface area contributed by atoms with Crippen molar-refractivity contribution in [2.75, 3.05) is 12.8 Å². The molecule has 112 valence electrons. The fraction of sp³-hybridized carbons (Fsp3) is 0.143. The Hall–Kier alpha value is -1.79. The van der Waals surface area contributed by atoms with Crippen LogP contribution >= 0.6 is 11.6 Å². The van der Waals surface area contributed by atoms with Gasteiger partial charge in [0.05, 0.1) is 22.8 Å². The summed E-state index contributed by atoms with van der Waals surface area (Å²) < 4.78 is 43.6. The number of nitrogen functional groups attached to an aromatic ring is 1. The topological polar surface area (TPSA) is 69.4 Å². The molecule has 0 aliphatic heterocycles. The number of rotatable bonds is 4. The van der Waals surface area contributed by atoms with Gasteiger partial charge < -0.3 is 10.5 Å². The van der Waals surface area contributed by atoms with Crippen LogP contribution in [0.3, 0.4) is 0 Å². The Morgan fingerprint density at radius 2 is 2.00 bits per heavy atom. The summed E-state index contributed by atoms with van der Waals surface area (Å²) in [5, 5.41) is 0.0486. The van der Waals surface area contributed by atoms with Gasteiger partial charge in [0.1, 0.15) is 0 Å². The van der Waals surface area contributed by atoms with E-state index >= 15 is 0 Å². The number of ether oxygens (including phenoxy) is 1. The van der Waals surface area contributed by atoms with Crippen molar-refractivity contribution in [1.29, 1.82) is 0 Å². The molecule has 0 bridgehead atoms. The first-order chi connectivity index (χ1) is 9.85. The van der Waals surface area contributed by atoms with E-state index in [9.17, 15) is 12.8 Å². The van der Waals surface area contributed by atoms with Gasteiger partial charge in [-0.2, -0.15) is 0 Å². The lowest BCUT2D eigenvalue weighted by molar-refractivity contribution is 0.385. The summed E-state index contributed by atoms with van der Waals surface area (Å²) in [7, 11) is -2.51. The predicted octanol–water partition coefficient (Wildman–Crippen LogP) is 3.04. The number of methoxy groups -OCH3 is 1. The van der Waals surface area contributed by atoms with Crippen LogP contribution < -0.4 is 10.5 Å². The third kappa shape index (κ3) is 3.28. The van der Waals surface area contributed by atoms with Crippen LogP contribution in [0.4, 0.5) is 10.1 Å². The SMILES string of the molecule is COc1cccc(CS(=O)(=O)c2cc(N)ccc2Cl)c1F. The normalized spacial score (nSPS) is 11.4. The van der Waals surface area contributed by atoms with Gasteiger partial charge in [-0.3, -0.25) is 0 Å². The van der Waals surface area contributed by atoms with Gasteiger partial charge in [-0.1, -0.05) is 23.7 Å². The summed E-state index contributed by atoms with van der Waals surface area (Å²) in [4.78, 5) is -0.119. The Balaban J connectivity index is 2.45. The van der Waals surface area contributed by atoms with E-state index in [0.717, 1.165) is 0 Å². The Morgan fingerprint density at radius 1 is 1.29 bits per heavy atom. The highest BCUT2D eigenvalue weighted by Gasteiger charge is 2.22. The molecule has 0 atom stereocenters. The fourth-order valence-electron chi connectivity index (χ4n) is 1.87. The highest BCUT2D eigenvalue weighted by Crippen LogP contribution is 2.29. The smallest absolute Gasteiger partial charge is 0.184 e. The van der Waals surface area contributed by atoms with Crippen molar-refractivity contribution in [3.63, 3.8) is 0 Å². The van der Waals surface area contributed by atoms with Crippen molar-refractivity contribution in [1.82, 2.24) is 0 Å². The molecule has 0 saturated heterocycles. The average Bonchev–Trinajstić information content (AvgIpc) is 2.43. The third-order valence-electron chi connectivity index (χ3n) is 2.90. The van der Waals surface area contributed by atoms with E-state index in [0.29, 0.717) is 0 Å². The van der Waals surface area contributed by atoms with Gasteiger partial charge in [0.25, 0.3) is 0 Å². The molecule has 2 aromatic carbocycles. The number of nitrogens with two attached hydrogens (primary N) is 1. The molecule has 0 radical (unpaired) electrons. The summed E-state index contributed by atoms with van der Waals surface area (Å²) in [5.74, 6) is -1.25. The highest BCUT2D eigenvalue weighted by molar-refractivity contribution is 7.90. The van der Waals surface area contributed by atoms with E-state index in [1.807, 2.05) is 0 Å². The molecule has 0 amide bonds. The zero-order valence-corrected chi connectivity index (χ0v) is 12.7. The Bertz CT molecular complexity index is 778. The standard InChI is InChI=1S/C14H13ClFNO3S/c1-20-12-4-2-3-9(14(12)16)8-21(18,19)13-7-10(17)5-6-11(13)15/h2-7H,8,17H2,1H3. The number of sulfone groups is 1. The molecule has 4 nitrogen and oxygen atoms in total. The molecular formula is C14H13ClFNO3S. The van der Waals surface area contributed by atoms with Gasteiger partial charge in [-0.25, -0.2) is 12.8 Å². The fourth-order valence-corrected chi connectivity index (χ4v) is 3.80. The zero-order chi connectivity index (χ0) is 15.6. The van der Waals surface area contributed by atoms with E-state index in [-0.39, 0.29) is 26.9 Å². The molecule has 0 heterocycles. The van der Waals surface area contributed by atoms with Crippen molar-refractivity contribution in [2.45, 2.75) is 10.6 Å². The minimum Gasteiger partial charge on any atom is -0.494 e. The molecule has 2 N–H and O–H groups in total. The minimum atomic E-state index is -3.82. The van der Waals surface area contributed by atoms with E-state index < -0.39 is 21.4 Å². The van der Waals surface area contributed by atoms with Crippen molar-refractivity contribution in [3.05, 3.63) is 52.8 Å². The summed E-state index contributed by atoms with van der Waals surface area (Å²) in [6, 6.07) is 8.47. The second kappa shape index (κ2) is 5.91. The highest BCUT2D eigenvalue weighted by atomic mass is 35.5. The van der Waals surface area contributed by atoms with E-state index in [1.165, 1.54) is 43.5 Å². The molecule has 2 aromatic rings. The van der Waals surface area contributed by atoms with Crippen LogP contribution in [0.1, 0.15) is 5.56 Å². The summed E-state index contributed by atoms with van der Waals surface area (Å²) in [6.07, 6.45) is 0. The number of hydrogen-bond donors (Lipinski definition) is 1. The second-order valence-corrected chi connectivity index (χ2v) is 6.75. The first kappa shape index (κ1) is 15.6. The lowest BCUT2D eigenvalue weighted by atomic mass is 10.2. The lowest BCUT2D eigenvalue weighted by Gasteiger charge is -2.10. The molecule has 7 heteroatoms. The van der Waals surface area contributed by atoms with Crippen LogP contribution in [0.5, 0.6) is 5.75 Å². The summed E-state index contributed by atoms with van der Waals surface area (Å²) in [5.41, 5.74) is 5.85. The Kier molecular flexibility index (Phi) is 4.39. The molecule has 2 rings (SSSR count). The molecule has 0 aliphatic carbocycles. The van der Waals surface area contributed by atoms with Crippen LogP contribution in [0.15, 0.2) is 41.3 Å². The molecule has 21 heavy (non-hydrogen) atoms. The van der Waals surface area contributed by atoms with Gasteiger partial charge in [0.2, 0.25) is 0 Å². The quantitative estimate of drug-likeness (QED) is 0.875. The Morgan fingerprint density at radius 3 is 2.67 bits per heavy atom. The van der Waals surface area contributed by atoms with Gasteiger partial charge in [0.15, 0.2) is 21.4 Å². The molecule has 0 fully saturated rings. The number of anilines is 1. The monoisotopic (exact) mass is 329 g/mol. The van der Waals surface area contributed by atoms with Crippen LogP contribution in [-0.4, -0.2) is 15.5 Å². The summed E-state index contributed by atoms with van der Waals surface area (Å²) >= 11 is 5.89. The number of benzene rings is 2. The van der Waals surface area contributed by atoms with E-state index in [4.69, 9.17) is 22.1 Å². The minimum absolute atomic E-state index is 0.00726. The van der Waals surface area contributed by atoms with Crippen molar-refractivity contribution < 1.29 is 17.5 Å². The average molecular weight is 330 g/mol. The van der Waals surface area contributed by atoms with Crippen molar-refractivity contribution in [3.8, 4) is 5.75 Å². The van der Waals surface area contributed by atoms with E-state index in [2.05, 4.69) is 0 Å².